The lowest BCUT2D eigenvalue weighted by molar-refractivity contribution is -0.117. The molecular weight excluding hydrogens is 326 g/mol. The molecule has 1 unspecified atom stereocenters. The minimum atomic E-state index is -1.16. The Morgan fingerprint density at radius 3 is 2.35 bits per heavy atom. The average Bonchev–Trinajstić information content (AvgIpc) is 2.64. The molecule has 0 saturated carbocycles. The van der Waals surface area contributed by atoms with Crippen LogP contribution in [0.3, 0.4) is 0 Å². The van der Waals surface area contributed by atoms with Crippen LogP contribution in [-0.4, -0.2) is 39.7 Å². The van der Waals surface area contributed by atoms with E-state index in [-0.39, 0.29) is 0 Å². The number of ether oxygens (including phenoxy) is 1. The van der Waals surface area contributed by atoms with Crippen LogP contribution < -0.4 is 0 Å². The summed E-state index contributed by atoms with van der Waals surface area (Å²) in [6.45, 7) is 6.97. The summed E-state index contributed by atoms with van der Waals surface area (Å²) in [6.07, 6.45) is 0.143. The van der Waals surface area contributed by atoms with Crippen LogP contribution in [0.4, 0.5) is 4.79 Å². The van der Waals surface area contributed by atoms with Gasteiger partial charge in [0.05, 0.1) is 5.69 Å². The third-order valence-corrected chi connectivity index (χ3v) is 3.35. The molecule has 1 rings (SSSR count). The van der Waals surface area contributed by atoms with Crippen LogP contribution in [0.1, 0.15) is 33.4 Å². The summed E-state index contributed by atoms with van der Waals surface area (Å²) in [5.41, 5.74) is -1.19. The SMILES string of the molecule is CN(C(=O)OC(C)(C)C)C(C)(C=O)c1cc(Br)nn1C. The van der Waals surface area contributed by atoms with Gasteiger partial charge in [0.25, 0.3) is 0 Å². The first-order valence-corrected chi connectivity index (χ1v) is 6.93. The Labute approximate surface area is 127 Å². The number of aryl methyl sites for hydroxylation is 1. The van der Waals surface area contributed by atoms with Crippen molar-refractivity contribution < 1.29 is 14.3 Å². The first-order chi connectivity index (χ1) is 9.01. The second kappa shape index (κ2) is 5.55. The van der Waals surface area contributed by atoms with Crippen molar-refractivity contribution in [1.29, 1.82) is 0 Å². The Balaban J connectivity index is 3.14. The van der Waals surface area contributed by atoms with Crippen molar-refractivity contribution in [1.82, 2.24) is 14.7 Å². The van der Waals surface area contributed by atoms with Crippen molar-refractivity contribution in [2.24, 2.45) is 7.05 Å². The molecule has 112 valence electrons. The summed E-state index contributed by atoms with van der Waals surface area (Å²) in [7, 11) is 3.24. The molecule has 0 aliphatic rings. The summed E-state index contributed by atoms with van der Waals surface area (Å²) in [5.74, 6) is 0. The van der Waals surface area contributed by atoms with Crippen LogP contribution in [-0.2, 0) is 22.1 Å². The molecule has 0 saturated heterocycles. The van der Waals surface area contributed by atoms with Gasteiger partial charge in [-0.1, -0.05) is 0 Å². The van der Waals surface area contributed by atoms with Crippen molar-refractivity contribution >= 4 is 28.3 Å². The predicted molar refractivity (Wildman–Crippen MR) is 78.3 cm³/mol. The highest BCUT2D eigenvalue weighted by molar-refractivity contribution is 9.10. The van der Waals surface area contributed by atoms with E-state index in [0.29, 0.717) is 16.6 Å². The molecule has 0 radical (unpaired) electrons. The number of aldehydes is 1. The highest BCUT2D eigenvalue weighted by atomic mass is 79.9. The largest absolute Gasteiger partial charge is 0.444 e. The molecule has 20 heavy (non-hydrogen) atoms. The smallest absolute Gasteiger partial charge is 0.411 e. The topological polar surface area (TPSA) is 64.4 Å². The van der Waals surface area contributed by atoms with Gasteiger partial charge in [0.15, 0.2) is 6.29 Å². The maximum atomic E-state index is 12.2. The molecule has 0 aliphatic heterocycles. The zero-order valence-corrected chi connectivity index (χ0v) is 14.2. The molecule has 0 fully saturated rings. The van der Waals surface area contributed by atoms with Gasteiger partial charge in [0.1, 0.15) is 15.7 Å². The Hall–Kier alpha value is -1.37. The Morgan fingerprint density at radius 2 is 2.00 bits per heavy atom. The molecule has 7 heteroatoms. The fraction of sp³-hybridized carbons (Fsp3) is 0.615. The Morgan fingerprint density at radius 1 is 1.45 bits per heavy atom. The molecule has 1 aromatic heterocycles. The third kappa shape index (κ3) is 3.39. The molecular formula is C13H20BrN3O3. The van der Waals surface area contributed by atoms with Crippen molar-refractivity contribution in [2.45, 2.75) is 38.8 Å². The fourth-order valence-electron chi connectivity index (χ4n) is 1.74. The number of amides is 1. The molecule has 1 atom stereocenters. The average molecular weight is 346 g/mol. The Kier molecular flexibility index (Phi) is 4.63. The van der Waals surface area contributed by atoms with E-state index in [1.54, 1.807) is 45.5 Å². The number of likely N-dealkylation sites (N-methyl/N-ethyl adjacent to an activating group) is 1. The first-order valence-electron chi connectivity index (χ1n) is 6.14. The van der Waals surface area contributed by atoms with Crippen LogP contribution in [0, 0.1) is 0 Å². The number of carbonyl (C=O) groups excluding carboxylic acids is 2. The summed E-state index contributed by atoms with van der Waals surface area (Å²) in [4.78, 5) is 25.0. The zero-order chi connectivity index (χ0) is 15.7. The number of rotatable bonds is 3. The first kappa shape index (κ1) is 16.7. The van der Waals surface area contributed by atoms with E-state index in [2.05, 4.69) is 21.0 Å². The molecule has 0 N–H and O–H groups in total. The van der Waals surface area contributed by atoms with E-state index in [1.165, 1.54) is 11.9 Å². The lowest BCUT2D eigenvalue weighted by atomic mass is 9.98. The second-order valence-corrected chi connectivity index (χ2v) is 6.59. The molecule has 0 spiro atoms. The van der Waals surface area contributed by atoms with Gasteiger partial charge in [-0.25, -0.2) is 4.79 Å². The number of hydrogen-bond acceptors (Lipinski definition) is 4. The summed E-state index contributed by atoms with van der Waals surface area (Å²) < 4.78 is 7.46. The van der Waals surface area contributed by atoms with Gasteiger partial charge in [-0.05, 0) is 49.7 Å². The van der Waals surface area contributed by atoms with Crippen molar-refractivity contribution in [2.75, 3.05) is 7.05 Å². The van der Waals surface area contributed by atoms with Gasteiger partial charge in [-0.3, -0.25) is 9.58 Å². The molecule has 1 aromatic rings. The number of aromatic nitrogens is 2. The summed E-state index contributed by atoms with van der Waals surface area (Å²) in [6, 6.07) is 1.70. The Bertz CT molecular complexity index is 521. The number of nitrogens with zero attached hydrogens (tertiary/aromatic N) is 3. The maximum Gasteiger partial charge on any atom is 0.411 e. The molecule has 0 aromatic carbocycles. The summed E-state index contributed by atoms with van der Waals surface area (Å²) in [5, 5.41) is 4.14. The highest BCUT2D eigenvalue weighted by Gasteiger charge is 2.39. The van der Waals surface area contributed by atoms with E-state index in [0.717, 1.165) is 0 Å². The molecule has 0 aliphatic carbocycles. The van der Waals surface area contributed by atoms with Gasteiger partial charge in [-0.15, -0.1) is 0 Å². The van der Waals surface area contributed by atoms with E-state index in [9.17, 15) is 9.59 Å². The molecule has 1 heterocycles. The second-order valence-electron chi connectivity index (χ2n) is 5.78. The van der Waals surface area contributed by atoms with E-state index in [4.69, 9.17) is 4.74 Å². The van der Waals surface area contributed by atoms with Crippen molar-refractivity contribution in [3.05, 3.63) is 16.4 Å². The number of carbonyl (C=O) groups is 2. The maximum absolute atomic E-state index is 12.2. The summed E-state index contributed by atoms with van der Waals surface area (Å²) >= 11 is 3.26. The van der Waals surface area contributed by atoms with Crippen molar-refractivity contribution in [3.63, 3.8) is 0 Å². The monoisotopic (exact) mass is 345 g/mol. The van der Waals surface area contributed by atoms with Gasteiger partial charge < -0.3 is 9.53 Å². The van der Waals surface area contributed by atoms with Gasteiger partial charge >= 0.3 is 6.09 Å². The minimum Gasteiger partial charge on any atom is -0.444 e. The van der Waals surface area contributed by atoms with Gasteiger partial charge in [-0.2, -0.15) is 5.10 Å². The van der Waals surface area contributed by atoms with Gasteiger partial charge in [0, 0.05) is 14.1 Å². The third-order valence-electron chi connectivity index (χ3n) is 2.96. The minimum absolute atomic E-state index is 0.565. The molecule has 0 bridgehead atoms. The standard InChI is InChI=1S/C13H20BrN3O3/c1-12(2,3)20-11(19)16(5)13(4,8-18)9-7-10(14)15-17(9)6/h7-8H,1-6H3. The quantitative estimate of drug-likeness (QED) is 0.789. The fourth-order valence-corrected chi connectivity index (χ4v) is 2.19. The van der Waals surface area contributed by atoms with Crippen molar-refractivity contribution in [3.8, 4) is 0 Å². The number of hydrogen-bond donors (Lipinski definition) is 0. The van der Waals surface area contributed by atoms with Crippen LogP contribution in [0.15, 0.2) is 10.7 Å². The van der Waals surface area contributed by atoms with Crippen LogP contribution in [0.2, 0.25) is 0 Å². The van der Waals surface area contributed by atoms with Gasteiger partial charge in [0.2, 0.25) is 0 Å². The number of halogens is 1. The van der Waals surface area contributed by atoms with Crippen LogP contribution >= 0.6 is 15.9 Å². The zero-order valence-electron chi connectivity index (χ0n) is 12.6. The highest BCUT2D eigenvalue weighted by Crippen LogP contribution is 2.28. The van der Waals surface area contributed by atoms with E-state index >= 15 is 0 Å². The van der Waals surface area contributed by atoms with Crippen LogP contribution in [0.5, 0.6) is 0 Å². The molecule has 1 amide bonds. The predicted octanol–water partition coefficient (Wildman–Crippen LogP) is 2.46. The van der Waals surface area contributed by atoms with E-state index in [1.807, 2.05) is 0 Å². The molecule has 6 nitrogen and oxygen atoms in total. The lowest BCUT2D eigenvalue weighted by Crippen LogP contribution is -2.49. The normalized spacial score (nSPS) is 14.6. The lowest BCUT2D eigenvalue weighted by Gasteiger charge is -2.35. The van der Waals surface area contributed by atoms with Crippen LogP contribution in [0.25, 0.3) is 0 Å². The van der Waals surface area contributed by atoms with E-state index < -0.39 is 17.2 Å².